The molecule has 0 aliphatic carbocycles. The van der Waals surface area contributed by atoms with Gasteiger partial charge in [-0.25, -0.2) is 4.98 Å². The summed E-state index contributed by atoms with van der Waals surface area (Å²) in [6.45, 7) is 0.258. The molecule has 2 rings (SSSR count). The average Bonchev–Trinajstić information content (AvgIpc) is 2.64. The summed E-state index contributed by atoms with van der Waals surface area (Å²) in [5.74, 6) is -0.461. The third kappa shape index (κ3) is 2.59. The highest BCUT2D eigenvalue weighted by molar-refractivity contribution is 9.10. The summed E-state index contributed by atoms with van der Waals surface area (Å²) in [7, 11) is 0. The lowest BCUT2D eigenvalue weighted by atomic mass is 10.3. The molecular weight excluding hydrogens is 313 g/mol. The van der Waals surface area contributed by atoms with Crippen molar-refractivity contribution in [1.29, 1.82) is 0 Å². The zero-order valence-electron chi connectivity index (χ0n) is 8.25. The summed E-state index contributed by atoms with van der Waals surface area (Å²) in [5.41, 5.74) is 0.703. The van der Waals surface area contributed by atoms with Crippen LogP contribution in [0, 0.1) is 10.1 Å². The second-order valence-electron chi connectivity index (χ2n) is 3.05. The molecule has 0 aromatic carbocycles. The Hall–Kier alpha value is -1.54. The molecule has 0 saturated carbocycles. The molecule has 0 aliphatic heterocycles. The van der Waals surface area contributed by atoms with E-state index < -0.39 is 10.9 Å². The lowest BCUT2D eigenvalue weighted by Gasteiger charge is -2.00. The van der Waals surface area contributed by atoms with E-state index in [1.165, 1.54) is 4.68 Å². The van der Waals surface area contributed by atoms with Gasteiger partial charge in [-0.05, 0) is 16.0 Å². The summed E-state index contributed by atoms with van der Waals surface area (Å²) in [5, 5.41) is 14.5. The van der Waals surface area contributed by atoms with Crippen LogP contribution >= 0.6 is 27.5 Å². The van der Waals surface area contributed by atoms with E-state index in [1.807, 2.05) is 0 Å². The summed E-state index contributed by atoms with van der Waals surface area (Å²) in [6, 6.07) is 3.48. The maximum absolute atomic E-state index is 10.5. The number of rotatable bonds is 3. The Morgan fingerprint density at radius 2 is 2.35 bits per heavy atom. The van der Waals surface area contributed by atoms with Gasteiger partial charge in [0.1, 0.15) is 5.15 Å². The van der Waals surface area contributed by atoms with E-state index in [1.54, 1.807) is 18.3 Å². The molecule has 0 unspecified atom stereocenters. The number of halogens is 2. The number of nitrogens with zero attached hydrogens (tertiary/aromatic N) is 5. The predicted octanol–water partition coefficient (Wildman–Crippen LogP) is 2.05. The van der Waals surface area contributed by atoms with Crippen molar-refractivity contribution in [3.63, 3.8) is 0 Å². The first-order valence-corrected chi connectivity index (χ1v) is 5.59. The molecule has 0 spiro atoms. The maximum atomic E-state index is 10.5. The SMILES string of the molecule is O=[N+]([O-])c1nc(Br)n(Cc2cccnc2Cl)n1. The topological polar surface area (TPSA) is 86.7 Å². The van der Waals surface area contributed by atoms with Gasteiger partial charge in [-0.2, -0.15) is 4.68 Å². The van der Waals surface area contributed by atoms with Crippen LogP contribution in [0.15, 0.2) is 23.1 Å². The first kappa shape index (κ1) is 11.9. The van der Waals surface area contributed by atoms with Gasteiger partial charge in [0.05, 0.1) is 6.54 Å². The summed E-state index contributed by atoms with van der Waals surface area (Å²) >= 11 is 8.96. The molecule has 0 atom stereocenters. The zero-order chi connectivity index (χ0) is 12.4. The molecule has 0 bridgehead atoms. The molecule has 2 aromatic heterocycles. The summed E-state index contributed by atoms with van der Waals surface area (Å²) in [4.78, 5) is 17.4. The third-order valence-corrected chi connectivity index (χ3v) is 2.86. The predicted molar refractivity (Wildman–Crippen MR) is 62.7 cm³/mol. The molecule has 0 amide bonds. The van der Waals surface area contributed by atoms with Crippen molar-refractivity contribution in [3.05, 3.63) is 43.9 Å². The average molecular weight is 319 g/mol. The van der Waals surface area contributed by atoms with Crippen LogP contribution < -0.4 is 0 Å². The molecule has 0 radical (unpaired) electrons. The first-order chi connectivity index (χ1) is 8.08. The highest BCUT2D eigenvalue weighted by Crippen LogP contribution is 2.17. The van der Waals surface area contributed by atoms with Crippen LogP contribution in [0.25, 0.3) is 0 Å². The van der Waals surface area contributed by atoms with Crippen LogP contribution in [0.3, 0.4) is 0 Å². The van der Waals surface area contributed by atoms with E-state index in [9.17, 15) is 10.1 Å². The zero-order valence-corrected chi connectivity index (χ0v) is 10.6. The Bertz CT molecular complexity index is 573. The lowest BCUT2D eigenvalue weighted by molar-refractivity contribution is -0.394. The van der Waals surface area contributed by atoms with Crippen molar-refractivity contribution < 1.29 is 4.92 Å². The quantitative estimate of drug-likeness (QED) is 0.491. The molecule has 2 heterocycles. The summed E-state index contributed by atoms with van der Waals surface area (Å²) in [6.07, 6.45) is 1.56. The minimum Gasteiger partial charge on any atom is -0.390 e. The number of pyridine rings is 1. The van der Waals surface area contributed by atoms with Gasteiger partial charge in [0.15, 0.2) is 0 Å². The van der Waals surface area contributed by atoms with Crippen molar-refractivity contribution in [2.45, 2.75) is 6.54 Å². The van der Waals surface area contributed by atoms with Crippen molar-refractivity contribution in [2.75, 3.05) is 0 Å². The lowest BCUT2D eigenvalue weighted by Crippen LogP contribution is -2.03. The molecule has 88 valence electrons. The first-order valence-electron chi connectivity index (χ1n) is 4.42. The molecule has 7 nitrogen and oxygen atoms in total. The van der Waals surface area contributed by atoms with Gasteiger partial charge in [-0.15, -0.1) is 0 Å². The van der Waals surface area contributed by atoms with Gasteiger partial charge in [0, 0.05) is 32.8 Å². The third-order valence-electron chi connectivity index (χ3n) is 1.94. The Labute approximate surface area is 109 Å². The minimum absolute atomic E-state index is 0.258. The fourth-order valence-electron chi connectivity index (χ4n) is 1.19. The standard InChI is InChI=1S/C8H5BrClN5O2/c9-7-12-8(15(16)17)13-14(7)4-5-2-1-3-11-6(5)10/h1-3H,4H2. The molecule has 9 heteroatoms. The highest BCUT2D eigenvalue weighted by Gasteiger charge is 2.20. The normalized spacial score (nSPS) is 10.5. The van der Waals surface area contributed by atoms with E-state index in [2.05, 4.69) is 31.0 Å². The van der Waals surface area contributed by atoms with Crippen molar-refractivity contribution in [2.24, 2.45) is 0 Å². The number of hydrogen-bond acceptors (Lipinski definition) is 5. The highest BCUT2D eigenvalue weighted by atomic mass is 79.9. The van der Waals surface area contributed by atoms with E-state index in [-0.39, 0.29) is 11.3 Å². The molecule has 2 aromatic rings. The van der Waals surface area contributed by atoms with Crippen LogP contribution in [0.1, 0.15) is 5.56 Å². The number of aromatic nitrogens is 4. The molecule has 0 aliphatic rings. The Morgan fingerprint density at radius 3 is 2.94 bits per heavy atom. The van der Waals surface area contributed by atoms with Crippen LogP contribution in [0.5, 0.6) is 0 Å². The molecule has 0 fully saturated rings. The smallest absolute Gasteiger partial charge is 0.390 e. The number of nitro groups is 1. The van der Waals surface area contributed by atoms with Gasteiger partial charge < -0.3 is 10.1 Å². The second-order valence-corrected chi connectivity index (χ2v) is 4.12. The maximum Gasteiger partial charge on any atom is 0.492 e. The fourth-order valence-corrected chi connectivity index (χ4v) is 1.73. The monoisotopic (exact) mass is 317 g/mol. The van der Waals surface area contributed by atoms with Crippen LogP contribution in [-0.2, 0) is 6.54 Å². The van der Waals surface area contributed by atoms with E-state index in [4.69, 9.17) is 11.6 Å². The van der Waals surface area contributed by atoms with E-state index >= 15 is 0 Å². The minimum atomic E-state index is -0.661. The van der Waals surface area contributed by atoms with Crippen LogP contribution in [0.2, 0.25) is 5.15 Å². The van der Waals surface area contributed by atoms with Gasteiger partial charge in [0.25, 0.3) is 4.73 Å². The Balaban J connectivity index is 2.30. The van der Waals surface area contributed by atoms with E-state index in [0.29, 0.717) is 10.7 Å². The van der Waals surface area contributed by atoms with Crippen molar-refractivity contribution in [1.82, 2.24) is 19.7 Å². The van der Waals surface area contributed by atoms with E-state index in [0.717, 1.165) is 0 Å². The molecule has 0 saturated heterocycles. The molecular formula is C8H5BrClN5O2. The van der Waals surface area contributed by atoms with Gasteiger partial charge in [-0.3, -0.25) is 0 Å². The fraction of sp³-hybridized carbons (Fsp3) is 0.125. The Kier molecular flexibility index (Phi) is 3.34. The molecule has 17 heavy (non-hydrogen) atoms. The van der Waals surface area contributed by atoms with Crippen molar-refractivity contribution >= 4 is 33.5 Å². The van der Waals surface area contributed by atoms with Gasteiger partial charge in [-0.1, -0.05) is 17.7 Å². The van der Waals surface area contributed by atoms with Crippen molar-refractivity contribution in [3.8, 4) is 0 Å². The molecule has 0 N–H and O–H groups in total. The van der Waals surface area contributed by atoms with Crippen LogP contribution in [0.4, 0.5) is 5.95 Å². The van der Waals surface area contributed by atoms with Gasteiger partial charge >= 0.3 is 5.95 Å². The van der Waals surface area contributed by atoms with Crippen LogP contribution in [-0.4, -0.2) is 24.7 Å². The Morgan fingerprint density at radius 1 is 1.59 bits per heavy atom. The largest absolute Gasteiger partial charge is 0.492 e. The number of hydrogen-bond donors (Lipinski definition) is 0. The van der Waals surface area contributed by atoms with Gasteiger partial charge in [0.2, 0.25) is 0 Å². The summed E-state index contributed by atoms with van der Waals surface area (Å²) < 4.78 is 1.60. The second kappa shape index (κ2) is 4.76.